The predicted molar refractivity (Wildman–Crippen MR) is 109 cm³/mol. The topological polar surface area (TPSA) is 149 Å². The lowest BCUT2D eigenvalue weighted by Gasteiger charge is -2.09. The first-order valence-corrected chi connectivity index (χ1v) is 9.77. The lowest BCUT2D eigenvalue weighted by atomic mass is 10.4. The van der Waals surface area contributed by atoms with E-state index in [-0.39, 0.29) is 18.2 Å². The quantitative estimate of drug-likeness (QED) is 0.158. The molecule has 0 saturated heterocycles. The van der Waals surface area contributed by atoms with Gasteiger partial charge >= 0.3 is 0 Å². The number of carbonyl (C=O) groups excluding carboxylic acids is 2. The summed E-state index contributed by atoms with van der Waals surface area (Å²) in [4.78, 5) is 21.6. The maximum absolute atomic E-state index is 10.9. The van der Waals surface area contributed by atoms with Crippen molar-refractivity contribution in [1.82, 2.24) is 43.7 Å². The Morgan fingerprint density at radius 2 is 1.54 bits per heavy atom. The number of nitrogens with two attached hydrogens (primary N) is 1. The number of nitrogens with zero attached hydrogens (tertiary/aromatic N) is 7. The van der Waals surface area contributed by atoms with Crippen LogP contribution in [0.5, 0.6) is 0 Å². The zero-order valence-corrected chi connectivity index (χ0v) is 17.9. The number of hydrogen-bond acceptors (Lipinski definition) is 9. The van der Waals surface area contributed by atoms with Gasteiger partial charge in [0.15, 0.2) is 0 Å². The lowest BCUT2D eigenvalue weighted by Crippen LogP contribution is -2.30. The molecule has 0 aliphatic carbocycles. The van der Waals surface area contributed by atoms with E-state index in [1.165, 1.54) is 0 Å². The maximum Gasteiger partial charge on any atom is 0.231 e. The van der Waals surface area contributed by atoms with E-state index in [1.54, 1.807) is 16.3 Å². The highest BCUT2D eigenvalue weighted by Crippen LogP contribution is 2.11. The number of carbonyl (C=O) groups is 2. The summed E-state index contributed by atoms with van der Waals surface area (Å²) in [5, 5.41) is 22.5. The number of halogens is 1. The smallest absolute Gasteiger partial charge is 0.231 e. The van der Waals surface area contributed by atoms with Crippen LogP contribution in [0.25, 0.3) is 0 Å². The van der Waals surface area contributed by atoms with E-state index in [4.69, 9.17) is 5.73 Å². The highest BCUT2D eigenvalue weighted by Gasteiger charge is 2.10. The van der Waals surface area contributed by atoms with E-state index in [1.807, 2.05) is 15.5 Å². The number of amides is 1. The van der Waals surface area contributed by atoms with Gasteiger partial charge in [-0.15, -0.1) is 10.2 Å². The molecule has 0 radical (unpaired) electrons. The van der Waals surface area contributed by atoms with Crippen LogP contribution in [0.2, 0.25) is 0 Å². The SMILES string of the molecule is CC(=O)CNCCn1cc(CN(I)Cc2cn(CCNCC(N)=O)nn2)nn1. The van der Waals surface area contributed by atoms with Crippen molar-refractivity contribution in [1.29, 1.82) is 0 Å². The van der Waals surface area contributed by atoms with Gasteiger partial charge in [-0.05, 0) is 6.92 Å². The lowest BCUT2D eigenvalue weighted by molar-refractivity contribution is -0.117. The molecule has 154 valence electrons. The Balaban J connectivity index is 1.70. The zero-order valence-electron chi connectivity index (χ0n) is 15.7. The summed E-state index contributed by atoms with van der Waals surface area (Å²) in [5.74, 6) is -0.275. The van der Waals surface area contributed by atoms with Crippen molar-refractivity contribution in [2.45, 2.75) is 33.1 Å². The van der Waals surface area contributed by atoms with Gasteiger partial charge in [-0.25, -0.2) is 3.11 Å². The van der Waals surface area contributed by atoms with Crippen LogP contribution in [-0.4, -0.2) is 71.0 Å². The van der Waals surface area contributed by atoms with Crippen LogP contribution in [0.4, 0.5) is 0 Å². The van der Waals surface area contributed by atoms with E-state index in [0.717, 1.165) is 11.4 Å². The molecule has 0 aliphatic heterocycles. The molecule has 2 aromatic heterocycles. The minimum atomic E-state index is -0.385. The van der Waals surface area contributed by atoms with Gasteiger partial charge in [0.1, 0.15) is 5.78 Å². The van der Waals surface area contributed by atoms with Crippen molar-refractivity contribution in [2.75, 3.05) is 26.2 Å². The van der Waals surface area contributed by atoms with Crippen molar-refractivity contribution in [3.8, 4) is 0 Å². The first kappa shape index (κ1) is 22.3. The zero-order chi connectivity index (χ0) is 20.4. The summed E-state index contributed by atoms with van der Waals surface area (Å²) in [6.45, 7) is 5.80. The molecule has 0 unspecified atom stereocenters. The van der Waals surface area contributed by atoms with Crippen LogP contribution >= 0.6 is 22.9 Å². The van der Waals surface area contributed by atoms with Gasteiger partial charge in [0.2, 0.25) is 5.91 Å². The summed E-state index contributed by atoms with van der Waals surface area (Å²) in [6, 6.07) is 0. The Kier molecular flexibility index (Phi) is 9.39. The van der Waals surface area contributed by atoms with E-state index >= 15 is 0 Å². The first-order chi connectivity index (χ1) is 13.4. The predicted octanol–water partition coefficient (Wildman–Crippen LogP) is -1.52. The third-order valence-corrected chi connectivity index (χ3v) is 4.23. The molecular weight excluding hydrogens is 479 g/mol. The number of primary amides is 1. The Bertz CT molecular complexity index is 699. The maximum atomic E-state index is 10.9. The molecule has 0 bridgehead atoms. The number of rotatable bonds is 14. The largest absolute Gasteiger partial charge is 0.369 e. The van der Waals surface area contributed by atoms with Gasteiger partial charge in [0.25, 0.3) is 0 Å². The van der Waals surface area contributed by atoms with Crippen LogP contribution in [0.3, 0.4) is 0 Å². The molecule has 0 saturated carbocycles. The Hall–Kier alpha value is -1.97. The second-order valence-electron chi connectivity index (χ2n) is 6.25. The highest BCUT2D eigenvalue weighted by molar-refractivity contribution is 14.1. The summed E-state index contributed by atoms with van der Waals surface area (Å²) in [5.41, 5.74) is 6.76. The molecule has 28 heavy (non-hydrogen) atoms. The molecule has 2 rings (SSSR count). The standard InChI is InChI=1S/C15H25IN10O2/c1-12(27)6-18-2-4-25-10-13(20-22-25)8-24(16)9-14-11-26(23-21-14)5-3-19-7-15(17)28/h10-11,18-19H,2-9H2,1H3,(H2,17,28). The molecule has 0 aliphatic rings. The fraction of sp³-hybridized carbons (Fsp3) is 0.600. The summed E-state index contributed by atoms with van der Waals surface area (Å²) < 4.78 is 5.51. The molecule has 0 spiro atoms. The fourth-order valence-electron chi connectivity index (χ4n) is 2.31. The molecule has 13 heteroatoms. The molecule has 4 N–H and O–H groups in total. The summed E-state index contributed by atoms with van der Waals surface area (Å²) in [7, 11) is 0. The minimum absolute atomic E-state index is 0.110. The number of aromatic nitrogens is 6. The number of ketones is 1. The molecule has 2 aromatic rings. The van der Waals surface area contributed by atoms with Gasteiger partial charge < -0.3 is 16.4 Å². The van der Waals surface area contributed by atoms with E-state index < -0.39 is 0 Å². The van der Waals surface area contributed by atoms with Crippen LogP contribution in [0.15, 0.2) is 12.4 Å². The number of Topliss-reactive ketones (excluding diaryl/α,β-unsaturated/α-hetero) is 1. The van der Waals surface area contributed by atoms with Crippen LogP contribution in [0, 0.1) is 0 Å². The Morgan fingerprint density at radius 3 is 2.00 bits per heavy atom. The van der Waals surface area contributed by atoms with Gasteiger partial charge in [-0.3, -0.25) is 19.0 Å². The number of hydrogen-bond donors (Lipinski definition) is 3. The first-order valence-electron chi connectivity index (χ1n) is 8.80. The van der Waals surface area contributed by atoms with Crippen LogP contribution < -0.4 is 16.4 Å². The summed E-state index contributed by atoms with van der Waals surface area (Å²) >= 11 is 2.22. The molecule has 0 atom stereocenters. The third-order valence-electron chi connectivity index (χ3n) is 3.55. The van der Waals surface area contributed by atoms with Crippen LogP contribution in [0.1, 0.15) is 18.3 Å². The third kappa shape index (κ3) is 8.81. The van der Waals surface area contributed by atoms with Gasteiger partial charge in [0.05, 0.1) is 50.7 Å². The van der Waals surface area contributed by atoms with Crippen molar-refractivity contribution < 1.29 is 9.59 Å². The molecule has 0 fully saturated rings. The second-order valence-corrected chi connectivity index (χ2v) is 7.61. The normalized spacial score (nSPS) is 11.2. The Morgan fingerprint density at radius 1 is 1.04 bits per heavy atom. The monoisotopic (exact) mass is 504 g/mol. The molecule has 0 aromatic carbocycles. The van der Waals surface area contributed by atoms with Crippen molar-refractivity contribution in [3.05, 3.63) is 23.8 Å². The molecule has 12 nitrogen and oxygen atoms in total. The van der Waals surface area contributed by atoms with E-state index in [2.05, 4.69) is 54.1 Å². The van der Waals surface area contributed by atoms with Gasteiger partial charge in [-0.2, -0.15) is 0 Å². The van der Waals surface area contributed by atoms with E-state index in [0.29, 0.717) is 45.8 Å². The van der Waals surface area contributed by atoms with Crippen molar-refractivity contribution >= 4 is 34.6 Å². The van der Waals surface area contributed by atoms with Crippen LogP contribution in [-0.2, 0) is 35.8 Å². The van der Waals surface area contributed by atoms with Gasteiger partial charge in [-0.1, -0.05) is 10.4 Å². The Labute approximate surface area is 176 Å². The fourth-order valence-corrected chi connectivity index (χ4v) is 3.01. The average molecular weight is 504 g/mol. The molecular formula is C15H25IN10O2. The second kappa shape index (κ2) is 11.8. The number of nitrogens with one attached hydrogen (secondary N) is 2. The van der Waals surface area contributed by atoms with Crippen molar-refractivity contribution in [3.63, 3.8) is 0 Å². The molecule has 2 heterocycles. The molecule has 1 amide bonds. The van der Waals surface area contributed by atoms with Gasteiger partial charge in [0, 0.05) is 48.3 Å². The summed E-state index contributed by atoms with van der Waals surface area (Å²) in [6.07, 6.45) is 3.76. The van der Waals surface area contributed by atoms with E-state index in [9.17, 15) is 9.59 Å². The minimum Gasteiger partial charge on any atom is -0.369 e. The van der Waals surface area contributed by atoms with Crippen molar-refractivity contribution in [2.24, 2.45) is 5.73 Å². The highest BCUT2D eigenvalue weighted by atomic mass is 127. The average Bonchev–Trinajstić information content (AvgIpc) is 3.25.